The van der Waals surface area contributed by atoms with Crippen LogP contribution in [0.3, 0.4) is 0 Å². The van der Waals surface area contributed by atoms with Crippen molar-refractivity contribution in [2.75, 3.05) is 7.11 Å². The number of hydroxylamine groups is 1. The molecule has 0 spiro atoms. The minimum atomic E-state index is -0.157. The van der Waals surface area contributed by atoms with Gasteiger partial charge in [0.2, 0.25) is 0 Å². The molecule has 0 amide bonds. The summed E-state index contributed by atoms with van der Waals surface area (Å²) in [4.78, 5) is 5.13. The van der Waals surface area contributed by atoms with Crippen molar-refractivity contribution in [2.45, 2.75) is 51.7 Å². The first-order chi connectivity index (χ1) is 8.55. The maximum Gasteiger partial charge on any atom is 0.124 e. The molecule has 1 aromatic carbocycles. The van der Waals surface area contributed by atoms with Gasteiger partial charge >= 0.3 is 0 Å². The van der Waals surface area contributed by atoms with Gasteiger partial charge in [0, 0.05) is 12.0 Å². The smallest absolute Gasteiger partial charge is 0.124 e. The highest BCUT2D eigenvalue weighted by atomic mass is 16.6. The highest BCUT2D eigenvalue weighted by molar-refractivity contribution is 5.41. The van der Waals surface area contributed by atoms with E-state index in [1.807, 2.05) is 0 Å². The Bertz CT molecular complexity index is 415. The molecule has 0 aromatic heterocycles. The molecule has 18 heavy (non-hydrogen) atoms. The van der Waals surface area contributed by atoms with Crippen LogP contribution < -0.4 is 10.2 Å². The standard InChI is InChI=1S/C15H23NO2/c1-5-6-11-7-8-14-12(9-11)13(16-17-4)10-15(2,3)18-14/h7-9,13,16H,5-6,10H2,1-4H3. The number of rotatable bonds is 4. The number of ether oxygens (including phenoxy) is 1. The summed E-state index contributed by atoms with van der Waals surface area (Å²) in [5.74, 6) is 0.973. The fourth-order valence-electron chi connectivity index (χ4n) is 2.60. The van der Waals surface area contributed by atoms with Gasteiger partial charge in [-0.25, -0.2) is 0 Å². The largest absolute Gasteiger partial charge is 0.487 e. The second kappa shape index (κ2) is 5.29. The zero-order valence-electron chi connectivity index (χ0n) is 11.7. The Morgan fingerprint density at radius 2 is 2.22 bits per heavy atom. The molecule has 3 heteroatoms. The Morgan fingerprint density at radius 3 is 2.89 bits per heavy atom. The van der Waals surface area contributed by atoms with Gasteiger partial charge in [-0.15, -0.1) is 0 Å². The van der Waals surface area contributed by atoms with Crippen LogP contribution >= 0.6 is 0 Å². The highest BCUT2D eigenvalue weighted by Gasteiger charge is 2.33. The second-order valence-electron chi connectivity index (χ2n) is 5.56. The highest BCUT2D eigenvalue weighted by Crippen LogP contribution is 2.39. The van der Waals surface area contributed by atoms with E-state index in [1.165, 1.54) is 11.1 Å². The number of benzene rings is 1. The van der Waals surface area contributed by atoms with Crippen molar-refractivity contribution in [1.82, 2.24) is 5.48 Å². The molecule has 0 saturated carbocycles. The zero-order chi connectivity index (χ0) is 13.2. The van der Waals surface area contributed by atoms with Crippen LogP contribution in [0.5, 0.6) is 5.75 Å². The molecule has 100 valence electrons. The van der Waals surface area contributed by atoms with Crippen molar-refractivity contribution in [2.24, 2.45) is 0 Å². The third-order valence-corrected chi connectivity index (χ3v) is 3.33. The van der Waals surface area contributed by atoms with Gasteiger partial charge in [-0.3, -0.25) is 0 Å². The van der Waals surface area contributed by atoms with Gasteiger partial charge in [-0.2, -0.15) is 5.48 Å². The summed E-state index contributed by atoms with van der Waals surface area (Å²) in [5.41, 5.74) is 5.50. The molecular weight excluding hydrogens is 226 g/mol. The molecule has 0 aliphatic carbocycles. The average molecular weight is 249 g/mol. The van der Waals surface area contributed by atoms with Crippen LogP contribution in [0.15, 0.2) is 18.2 Å². The summed E-state index contributed by atoms with van der Waals surface area (Å²) in [7, 11) is 1.66. The van der Waals surface area contributed by atoms with E-state index in [1.54, 1.807) is 7.11 Å². The van der Waals surface area contributed by atoms with Crippen LogP contribution in [0, 0.1) is 0 Å². The van der Waals surface area contributed by atoms with E-state index in [4.69, 9.17) is 9.57 Å². The molecule has 0 radical (unpaired) electrons. The van der Waals surface area contributed by atoms with E-state index in [2.05, 4.69) is 44.5 Å². The molecule has 1 aromatic rings. The summed E-state index contributed by atoms with van der Waals surface area (Å²) in [5, 5.41) is 0. The predicted octanol–water partition coefficient (Wildman–Crippen LogP) is 3.39. The Morgan fingerprint density at radius 1 is 1.44 bits per heavy atom. The van der Waals surface area contributed by atoms with Gasteiger partial charge in [-0.05, 0) is 31.9 Å². The number of fused-ring (bicyclic) bond motifs is 1. The van der Waals surface area contributed by atoms with Gasteiger partial charge in [-0.1, -0.05) is 25.5 Å². The van der Waals surface area contributed by atoms with Crippen molar-refractivity contribution in [1.29, 1.82) is 0 Å². The summed E-state index contributed by atoms with van der Waals surface area (Å²) < 4.78 is 6.03. The van der Waals surface area contributed by atoms with Crippen LogP contribution in [0.25, 0.3) is 0 Å². The van der Waals surface area contributed by atoms with E-state index < -0.39 is 0 Å². The molecule has 1 aliphatic rings. The molecule has 1 N–H and O–H groups in total. The quantitative estimate of drug-likeness (QED) is 0.830. The lowest BCUT2D eigenvalue weighted by molar-refractivity contribution is 0.00294. The van der Waals surface area contributed by atoms with Crippen LogP contribution in [-0.2, 0) is 11.3 Å². The van der Waals surface area contributed by atoms with E-state index in [0.29, 0.717) is 0 Å². The molecule has 1 aliphatic heterocycles. The van der Waals surface area contributed by atoms with Crippen molar-refractivity contribution in [3.05, 3.63) is 29.3 Å². The minimum absolute atomic E-state index is 0.157. The maximum absolute atomic E-state index is 6.03. The van der Waals surface area contributed by atoms with E-state index >= 15 is 0 Å². The summed E-state index contributed by atoms with van der Waals surface area (Å²) in [6.07, 6.45) is 3.17. The van der Waals surface area contributed by atoms with E-state index in [0.717, 1.165) is 25.0 Å². The monoisotopic (exact) mass is 249 g/mol. The molecule has 0 fully saturated rings. The zero-order valence-corrected chi connectivity index (χ0v) is 11.7. The molecular formula is C15H23NO2. The van der Waals surface area contributed by atoms with Gasteiger partial charge in [0.1, 0.15) is 11.4 Å². The van der Waals surface area contributed by atoms with Crippen molar-refractivity contribution >= 4 is 0 Å². The minimum Gasteiger partial charge on any atom is -0.487 e. The molecule has 1 unspecified atom stereocenters. The van der Waals surface area contributed by atoms with Gasteiger partial charge in [0.05, 0.1) is 13.2 Å². The topological polar surface area (TPSA) is 30.5 Å². The fourth-order valence-corrected chi connectivity index (χ4v) is 2.60. The first-order valence-corrected chi connectivity index (χ1v) is 6.66. The van der Waals surface area contributed by atoms with Crippen molar-refractivity contribution in [3.63, 3.8) is 0 Å². The molecule has 3 nitrogen and oxygen atoms in total. The summed E-state index contributed by atoms with van der Waals surface area (Å²) in [6.45, 7) is 6.42. The average Bonchev–Trinajstić information content (AvgIpc) is 2.29. The summed E-state index contributed by atoms with van der Waals surface area (Å²) >= 11 is 0. The molecule has 2 rings (SSSR count). The second-order valence-corrected chi connectivity index (χ2v) is 5.56. The first kappa shape index (κ1) is 13.4. The predicted molar refractivity (Wildman–Crippen MR) is 72.6 cm³/mol. The fraction of sp³-hybridized carbons (Fsp3) is 0.600. The van der Waals surface area contributed by atoms with Crippen LogP contribution in [0.4, 0.5) is 0 Å². The first-order valence-electron chi connectivity index (χ1n) is 6.66. The SMILES string of the molecule is CCCc1ccc2c(c1)C(NOC)CC(C)(C)O2. The summed E-state index contributed by atoms with van der Waals surface area (Å²) in [6, 6.07) is 6.69. The van der Waals surface area contributed by atoms with E-state index in [9.17, 15) is 0 Å². The van der Waals surface area contributed by atoms with E-state index in [-0.39, 0.29) is 11.6 Å². The Labute approximate surface area is 109 Å². The van der Waals surface area contributed by atoms with Crippen LogP contribution in [0.1, 0.15) is 50.8 Å². The molecule has 0 saturated heterocycles. The molecule has 1 heterocycles. The third-order valence-electron chi connectivity index (χ3n) is 3.33. The number of aryl methyl sites for hydroxylation is 1. The van der Waals surface area contributed by atoms with Gasteiger partial charge in [0.15, 0.2) is 0 Å². The lowest BCUT2D eigenvalue weighted by Gasteiger charge is -2.37. The molecule has 1 atom stereocenters. The van der Waals surface area contributed by atoms with Crippen molar-refractivity contribution in [3.8, 4) is 5.75 Å². The third kappa shape index (κ3) is 2.85. The maximum atomic E-state index is 6.03. The van der Waals surface area contributed by atoms with Crippen molar-refractivity contribution < 1.29 is 9.57 Å². The Kier molecular flexibility index (Phi) is 3.93. The molecule has 0 bridgehead atoms. The Hall–Kier alpha value is -1.06. The normalized spacial score (nSPS) is 21.2. The van der Waals surface area contributed by atoms with Gasteiger partial charge in [0.25, 0.3) is 0 Å². The lowest BCUT2D eigenvalue weighted by Crippen LogP contribution is -2.39. The number of nitrogens with one attached hydrogen (secondary N) is 1. The number of hydrogen-bond acceptors (Lipinski definition) is 3. The number of hydrogen-bond donors (Lipinski definition) is 1. The van der Waals surface area contributed by atoms with Crippen LogP contribution in [-0.4, -0.2) is 12.7 Å². The Balaban J connectivity index is 2.33. The van der Waals surface area contributed by atoms with Gasteiger partial charge < -0.3 is 9.57 Å². The van der Waals surface area contributed by atoms with Crippen LogP contribution in [0.2, 0.25) is 0 Å². The lowest BCUT2D eigenvalue weighted by atomic mass is 9.89.